The fourth-order valence-corrected chi connectivity index (χ4v) is 4.45. The third kappa shape index (κ3) is 4.88. The molecular formula is C28H28N6O3. The second kappa shape index (κ2) is 10.1. The van der Waals surface area contributed by atoms with E-state index in [0.717, 1.165) is 40.9 Å². The van der Waals surface area contributed by atoms with Crippen molar-refractivity contribution in [3.8, 4) is 34.1 Å². The first-order valence-electron chi connectivity index (χ1n) is 12.1. The molecule has 0 unspecified atom stereocenters. The number of aromatic nitrogens is 5. The highest BCUT2D eigenvalue weighted by molar-refractivity contribution is 5.97. The number of phenolic OH excluding ortho intramolecular Hbond substituents is 1. The van der Waals surface area contributed by atoms with Crippen molar-refractivity contribution in [1.29, 1.82) is 0 Å². The summed E-state index contributed by atoms with van der Waals surface area (Å²) in [6, 6.07) is 14.3. The minimum atomic E-state index is -0.152. The number of pyridine rings is 1. The van der Waals surface area contributed by atoms with Crippen LogP contribution in [0, 0.1) is 13.8 Å². The van der Waals surface area contributed by atoms with Crippen LogP contribution in [0.4, 0.5) is 0 Å². The maximum atomic E-state index is 12.8. The number of rotatable bonds is 8. The number of carbonyl (C=O) groups excluding carboxylic acids is 1. The molecule has 0 aliphatic heterocycles. The van der Waals surface area contributed by atoms with Gasteiger partial charge >= 0.3 is 0 Å². The Kier molecular flexibility index (Phi) is 6.59. The van der Waals surface area contributed by atoms with Crippen LogP contribution in [0.1, 0.15) is 33.7 Å². The molecular weight excluding hydrogens is 468 g/mol. The summed E-state index contributed by atoms with van der Waals surface area (Å²) in [7, 11) is 1.57. The molecule has 5 rings (SSSR count). The van der Waals surface area contributed by atoms with Gasteiger partial charge in [0.25, 0.3) is 5.91 Å². The van der Waals surface area contributed by atoms with E-state index in [4.69, 9.17) is 4.74 Å². The number of benzene rings is 2. The number of H-pyrrole nitrogens is 2. The fraction of sp³-hybridized carbons (Fsp3) is 0.214. The Morgan fingerprint density at radius 3 is 2.76 bits per heavy atom. The zero-order valence-corrected chi connectivity index (χ0v) is 20.9. The first-order chi connectivity index (χ1) is 17.9. The van der Waals surface area contributed by atoms with Crippen LogP contribution in [0.3, 0.4) is 0 Å². The smallest absolute Gasteiger partial charge is 0.251 e. The second-order valence-corrected chi connectivity index (χ2v) is 8.88. The van der Waals surface area contributed by atoms with Gasteiger partial charge < -0.3 is 20.1 Å². The highest BCUT2D eigenvalue weighted by Gasteiger charge is 2.15. The molecule has 0 atom stereocenters. The third-order valence-corrected chi connectivity index (χ3v) is 6.44. The molecule has 4 N–H and O–H groups in total. The SMILES string of the molecule is COc1ncccc1-c1ccc(O)c(-c2nc3cc(C(=O)NCCCc4c(C)n[nH]c4C)ccc3[nH]2)c1. The fourth-order valence-electron chi connectivity index (χ4n) is 4.45. The van der Waals surface area contributed by atoms with E-state index in [0.29, 0.717) is 34.9 Å². The first-order valence-corrected chi connectivity index (χ1v) is 12.1. The number of aromatic amines is 2. The van der Waals surface area contributed by atoms with E-state index in [9.17, 15) is 9.90 Å². The molecule has 0 bridgehead atoms. The van der Waals surface area contributed by atoms with Gasteiger partial charge in [-0.1, -0.05) is 6.07 Å². The van der Waals surface area contributed by atoms with E-state index in [2.05, 4.69) is 30.5 Å². The van der Waals surface area contributed by atoms with Gasteiger partial charge in [0.1, 0.15) is 11.6 Å². The molecule has 0 saturated carbocycles. The summed E-state index contributed by atoms with van der Waals surface area (Å²) >= 11 is 0. The van der Waals surface area contributed by atoms with Crippen LogP contribution in [0.5, 0.6) is 11.6 Å². The number of phenols is 1. The maximum Gasteiger partial charge on any atom is 0.251 e. The van der Waals surface area contributed by atoms with Crippen LogP contribution in [0.15, 0.2) is 54.7 Å². The van der Waals surface area contributed by atoms with E-state index >= 15 is 0 Å². The van der Waals surface area contributed by atoms with Crippen LogP contribution in [0.2, 0.25) is 0 Å². The number of nitrogens with one attached hydrogen (secondary N) is 3. The molecule has 0 aliphatic carbocycles. The summed E-state index contributed by atoms with van der Waals surface area (Å²) in [6.07, 6.45) is 3.33. The molecule has 9 nitrogen and oxygen atoms in total. The molecule has 3 heterocycles. The molecule has 1 amide bonds. The van der Waals surface area contributed by atoms with Gasteiger partial charge in [0.2, 0.25) is 5.88 Å². The van der Waals surface area contributed by atoms with Crippen molar-refractivity contribution in [3.05, 3.63) is 77.2 Å². The number of nitrogens with zero attached hydrogens (tertiary/aromatic N) is 3. The average Bonchev–Trinajstić information content (AvgIpc) is 3.48. The zero-order chi connectivity index (χ0) is 25.9. The average molecular weight is 497 g/mol. The lowest BCUT2D eigenvalue weighted by Crippen LogP contribution is -2.24. The van der Waals surface area contributed by atoms with Gasteiger partial charge in [-0.15, -0.1) is 0 Å². The van der Waals surface area contributed by atoms with Gasteiger partial charge in [0.15, 0.2) is 0 Å². The largest absolute Gasteiger partial charge is 0.507 e. The Morgan fingerprint density at radius 1 is 1.11 bits per heavy atom. The van der Waals surface area contributed by atoms with Crippen molar-refractivity contribution in [3.63, 3.8) is 0 Å². The summed E-state index contributed by atoms with van der Waals surface area (Å²) in [5.41, 5.74) is 7.37. The Labute approximate surface area is 214 Å². The van der Waals surface area contributed by atoms with Crippen LogP contribution < -0.4 is 10.1 Å². The topological polar surface area (TPSA) is 129 Å². The lowest BCUT2D eigenvalue weighted by Gasteiger charge is -2.09. The molecule has 0 fully saturated rings. The number of ether oxygens (including phenoxy) is 1. The number of aromatic hydroxyl groups is 1. The van der Waals surface area contributed by atoms with Crippen LogP contribution in [-0.2, 0) is 6.42 Å². The number of hydrogen-bond acceptors (Lipinski definition) is 6. The predicted octanol–water partition coefficient (Wildman–Crippen LogP) is 4.71. The number of methoxy groups -OCH3 is 1. The molecule has 9 heteroatoms. The maximum absolute atomic E-state index is 12.8. The minimum Gasteiger partial charge on any atom is -0.507 e. The van der Waals surface area contributed by atoms with Gasteiger partial charge in [-0.3, -0.25) is 9.89 Å². The molecule has 0 aliphatic rings. The standard InChI is InChI=1S/C28H28N6O3/c1-16-20(17(2)34-33-16)6-4-12-29-27(36)19-8-10-23-24(15-19)32-26(31-23)22-14-18(9-11-25(22)35)21-7-5-13-30-28(21)37-3/h5,7-11,13-15,35H,4,6,12H2,1-3H3,(H,29,36)(H,31,32)(H,33,34). The summed E-state index contributed by atoms with van der Waals surface area (Å²) in [5, 5.41) is 20.8. The van der Waals surface area contributed by atoms with Crippen molar-refractivity contribution in [2.45, 2.75) is 26.7 Å². The van der Waals surface area contributed by atoms with Crippen LogP contribution >= 0.6 is 0 Å². The second-order valence-electron chi connectivity index (χ2n) is 8.88. The Balaban J connectivity index is 1.33. The monoisotopic (exact) mass is 496 g/mol. The zero-order valence-electron chi connectivity index (χ0n) is 20.9. The number of imidazole rings is 1. The quantitative estimate of drug-likeness (QED) is 0.230. The van der Waals surface area contributed by atoms with Crippen molar-refractivity contribution < 1.29 is 14.6 Å². The minimum absolute atomic E-state index is 0.0896. The van der Waals surface area contributed by atoms with E-state index in [1.54, 1.807) is 37.6 Å². The number of fused-ring (bicyclic) bond motifs is 1. The van der Waals surface area contributed by atoms with E-state index in [1.807, 2.05) is 38.1 Å². The first kappa shape index (κ1) is 24.1. The van der Waals surface area contributed by atoms with Gasteiger partial charge in [-0.2, -0.15) is 5.10 Å². The van der Waals surface area contributed by atoms with Crippen molar-refractivity contribution in [2.24, 2.45) is 0 Å². The molecule has 188 valence electrons. The normalized spacial score (nSPS) is 11.1. The molecule has 2 aromatic carbocycles. The molecule has 3 aromatic heterocycles. The lowest BCUT2D eigenvalue weighted by atomic mass is 10.0. The Bertz CT molecular complexity index is 1570. The van der Waals surface area contributed by atoms with Crippen molar-refractivity contribution in [2.75, 3.05) is 13.7 Å². The third-order valence-electron chi connectivity index (χ3n) is 6.44. The summed E-state index contributed by atoms with van der Waals surface area (Å²) in [6.45, 7) is 4.55. The number of hydrogen-bond donors (Lipinski definition) is 4. The number of amides is 1. The van der Waals surface area contributed by atoms with Crippen molar-refractivity contribution in [1.82, 2.24) is 30.5 Å². The van der Waals surface area contributed by atoms with E-state index < -0.39 is 0 Å². The number of carbonyl (C=O) groups is 1. The van der Waals surface area contributed by atoms with Gasteiger partial charge in [-0.25, -0.2) is 9.97 Å². The predicted molar refractivity (Wildman–Crippen MR) is 142 cm³/mol. The van der Waals surface area contributed by atoms with Crippen LogP contribution in [-0.4, -0.2) is 49.8 Å². The van der Waals surface area contributed by atoms with Gasteiger partial charge in [0, 0.05) is 29.6 Å². The highest BCUT2D eigenvalue weighted by atomic mass is 16.5. The molecule has 0 saturated heterocycles. The van der Waals surface area contributed by atoms with Gasteiger partial charge in [-0.05, 0) is 80.3 Å². The highest BCUT2D eigenvalue weighted by Crippen LogP contribution is 2.35. The summed E-state index contributed by atoms with van der Waals surface area (Å²) in [4.78, 5) is 24.9. The molecule has 0 spiro atoms. The Hall–Kier alpha value is -4.66. The van der Waals surface area contributed by atoms with Crippen molar-refractivity contribution >= 4 is 16.9 Å². The molecule has 5 aromatic rings. The van der Waals surface area contributed by atoms with Crippen LogP contribution in [0.25, 0.3) is 33.5 Å². The van der Waals surface area contributed by atoms with Gasteiger partial charge in [0.05, 0.1) is 29.4 Å². The lowest BCUT2D eigenvalue weighted by molar-refractivity contribution is 0.0953. The Morgan fingerprint density at radius 2 is 1.97 bits per heavy atom. The molecule has 37 heavy (non-hydrogen) atoms. The molecule has 0 radical (unpaired) electrons. The van der Waals surface area contributed by atoms with E-state index in [1.165, 1.54) is 5.56 Å². The summed E-state index contributed by atoms with van der Waals surface area (Å²) in [5.74, 6) is 0.933. The number of aryl methyl sites for hydroxylation is 2. The van der Waals surface area contributed by atoms with E-state index in [-0.39, 0.29) is 11.7 Å². The summed E-state index contributed by atoms with van der Waals surface area (Å²) < 4.78 is 5.38.